The fraction of sp³-hybridized carbons (Fsp3) is 1.00. The van der Waals surface area contributed by atoms with E-state index in [4.69, 9.17) is 1140 Å². The molecule has 0 saturated heterocycles. The van der Waals surface area contributed by atoms with E-state index in [0.717, 1.165) is 0 Å². The molecule has 0 heterocycles. The average molecular weight is 4190 g/mol. The summed E-state index contributed by atoms with van der Waals surface area (Å²) < 4.78 is 0. The van der Waals surface area contributed by atoms with Gasteiger partial charge in [-0.25, -0.2) is 0 Å². The van der Waals surface area contributed by atoms with Gasteiger partial charge in [-0.1, -0.05) is 0 Å². The summed E-state index contributed by atoms with van der Waals surface area (Å²) in [6.45, 7) is -0.164. The molecule has 0 aromatic carbocycles. The zero-order chi connectivity index (χ0) is 134. The smallest absolute Gasteiger partial charge is 0.130 e. The Kier molecular flexibility index (Phi) is 1890. The fourth-order valence-corrected chi connectivity index (χ4v) is 0. The molecule has 0 aliphatic heterocycles. The van der Waals surface area contributed by atoms with Crippen LogP contribution in [0.3, 0.4) is 0 Å². The highest BCUT2D eigenvalue weighted by Gasteiger charge is 1.88. The summed E-state index contributed by atoms with van der Waals surface area (Å²) in [7, 11) is 0. The summed E-state index contributed by atoms with van der Waals surface area (Å²) in [6, 6.07) is 0. The van der Waals surface area contributed by atoms with Gasteiger partial charge >= 0.3 is 0 Å². The van der Waals surface area contributed by atoms with Crippen LogP contribution in [0.4, 0.5) is 0 Å². The first-order valence-corrected chi connectivity index (χ1v) is 79.0. The Morgan fingerprint density at radius 1 is 0.0671 bits per heavy atom. The molecular formula is C50H100Cl98O. The molecule has 0 spiro atoms. The van der Waals surface area contributed by atoms with Gasteiger partial charge in [-0.2, -0.15) is 0 Å². The van der Waals surface area contributed by atoms with Crippen LogP contribution in [0.1, 0.15) is 0 Å². The maximum Gasteiger partial charge on any atom is 0.130 e. The van der Waals surface area contributed by atoms with E-state index in [1.54, 1.807) is 0 Å². The summed E-state index contributed by atoms with van der Waals surface area (Å²) in [5, 5.41) is 17.2. The number of halogens is 98. The lowest BCUT2D eigenvalue weighted by atomic mass is 10.9. The minimum absolute atomic E-state index is 0.164. The lowest BCUT2D eigenvalue weighted by Crippen LogP contribution is -1.90. The fourth-order valence-electron chi connectivity index (χ4n) is 0. The van der Waals surface area contributed by atoms with Gasteiger partial charge < -0.3 is 5.11 Å². The standard InChI is InChI=1S/C2H4Cl2O.48CH2Cl2/c3-2(4)1-5;48*2-1-3/h2,5H,1H2;48*1H2. The van der Waals surface area contributed by atoms with Gasteiger partial charge in [0.05, 0.1) is 263 Å². The van der Waals surface area contributed by atoms with Crippen LogP contribution in [0.2, 0.25) is 0 Å². The van der Waals surface area contributed by atoms with Crippen molar-refractivity contribution in [2.75, 3.05) is 263 Å². The molecule has 0 aromatic heterocycles. The predicted octanol–water partition coefficient (Wildman–Crippen LogP) is 69.0. The molecular weight excluding hydrogens is 4090 g/mol. The van der Waals surface area contributed by atoms with Crippen LogP contribution in [-0.4, -0.2) is 273 Å². The number of hydrogen-bond acceptors (Lipinski definition) is 1. The van der Waals surface area contributed by atoms with E-state index in [2.05, 4.69) is 0 Å². The van der Waals surface area contributed by atoms with Crippen molar-refractivity contribution in [3.63, 3.8) is 0 Å². The first kappa shape index (κ1) is 335. The summed E-state index contributed by atoms with van der Waals surface area (Å²) in [4.78, 5) is -0.616. The van der Waals surface area contributed by atoms with Crippen molar-refractivity contribution in [1.82, 2.24) is 0 Å². The zero-order valence-electron chi connectivity index (χ0n) is 72.7. The molecule has 149 heavy (non-hydrogen) atoms. The minimum atomic E-state index is -0.616. The molecule has 1 nitrogen and oxygen atoms in total. The number of aliphatic hydroxyl groups is 1. The molecule has 0 fully saturated rings. The van der Waals surface area contributed by atoms with Crippen LogP contribution < -0.4 is 0 Å². The van der Waals surface area contributed by atoms with E-state index in [1.165, 1.54) is 0 Å². The van der Waals surface area contributed by atoms with Crippen LogP contribution in [0.25, 0.3) is 0 Å². The van der Waals surface area contributed by atoms with Crippen molar-refractivity contribution in [3.8, 4) is 0 Å². The normalized spacial score (nSPS) is 6.12. The van der Waals surface area contributed by atoms with Gasteiger partial charge in [0.25, 0.3) is 0 Å². The van der Waals surface area contributed by atoms with E-state index in [0.29, 0.717) is 0 Å². The van der Waals surface area contributed by atoms with Gasteiger partial charge in [0.15, 0.2) is 0 Å². The summed E-state index contributed by atoms with van der Waals surface area (Å²) >= 11 is 467. The third-order valence-corrected chi connectivity index (χ3v) is 0.414. The van der Waals surface area contributed by atoms with E-state index in [-0.39, 0.29) is 263 Å². The highest BCUT2D eigenvalue weighted by molar-refractivity contribution is 6.54. The number of aliphatic hydroxyl groups excluding tert-OH is 1. The van der Waals surface area contributed by atoms with Gasteiger partial charge in [0, 0.05) is 0 Å². The molecule has 0 atom stereocenters. The molecule has 99 heteroatoms. The summed E-state index contributed by atoms with van der Waals surface area (Å²) in [5.74, 6) is 0. The van der Waals surface area contributed by atoms with Crippen LogP contribution in [-0.2, 0) is 0 Å². The maximum absolute atomic E-state index is 7.88. The van der Waals surface area contributed by atoms with Crippen LogP contribution in [0.5, 0.6) is 0 Å². The van der Waals surface area contributed by atoms with Crippen molar-refractivity contribution >= 4 is 1140 Å². The van der Waals surface area contributed by atoms with Crippen LogP contribution in [0.15, 0.2) is 0 Å². The minimum Gasteiger partial charge on any atom is -0.394 e. The molecule has 0 rings (SSSR count). The average Bonchev–Trinajstić information content (AvgIpc) is 3.78. The Labute approximate surface area is 1380 Å². The summed E-state index contributed by atoms with van der Waals surface area (Å²) in [5.41, 5.74) is 0. The highest BCUT2D eigenvalue weighted by Crippen LogP contribution is 1.96. The monoisotopic (exact) mass is 4140 g/mol. The van der Waals surface area contributed by atoms with Gasteiger partial charge in [-0.3, -0.25) is 0 Å². The lowest BCUT2D eigenvalue weighted by molar-refractivity contribution is 0.313. The van der Waals surface area contributed by atoms with E-state index < -0.39 is 4.84 Å². The lowest BCUT2D eigenvalue weighted by Gasteiger charge is -1.84. The molecule has 992 valence electrons. The Bertz CT molecular complexity index is 468. The molecule has 0 saturated carbocycles. The van der Waals surface area contributed by atoms with E-state index >= 15 is 0 Å². The van der Waals surface area contributed by atoms with Crippen LogP contribution in [0, 0.1) is 0 Å². The van der Waals surface area contributed by atoms with Crippen molar-refractivity contribution < 1.29 is 5.11 Å². The van der Waals surface area contributed by atoms with Gasteiger partial charge in [0.1, 0.15) is 4.84 Å². The molecule has 0 aliphatic rings. The van der Waals surface area contributed by atoms with Gasteiger partial charge in [-0.05, 0) is 0 Å². The van der Waals surface area contributed by atoms with Crippen LogP contribution >= 0.6 is 1140 Å². The van der Waals surface area contributed by atoms with Crippen molar-refractivity contribution in [1.29, 1.82) is 0 Å². The van der Waals surface area contributed by atoms with E-state index in [1.807, 2.05) is 0 Å². The highest BCUT2D eigenvalue weighted by atomic mass is 35.6. The zero-order valence-corrected chi connectivity index (χ0v) is 147. The molecule has 0 amide bonds. The summed E-state index contributed by atoms with van der Waals surface area (Å²) in [6.07, 6.45) is 0. The maximum atomic E-state index is 7.88. The number of hydrogen-bond donors (Lipinski definition) is 1. The molecule has 0 bridgehead atoms. The molecule has 0 radical (unpaired) electrons. The third kappa shape index (κ3) is 5810. The van der Waals surface area contributed by atoms with Crippen molar-refractivity contribution in [3.05, 3.63) is 0 Å². The molecule has 0 unspecified atom stereocenters. The van der Waals surface area contributed by atoms with E-state index in [9.17, 15) is 0 Å². The van der Waals surface area contributed by atoms with Crippen molar-refractivity contribution in [2.24, 2.45) is 0 Å². The van der Waals surface area contributed by atoms with Crippen molar-refractivity contribution in [2.45, 2.75) is 4.84 Å². The quantitative estimate of drug-likeness (QED) is 0.260. The largest absolute Gasteiger partial charge is 0.394 e. The Hall–Kier alpha value is 28.4. The molecule has 0 aliphatic carbocycles. The number of rotatable bonds is 1. The first-order valence-electron chi connectivity index (χ1n) is 26.8. The Balaban J connectivity index is -0.0000000146. The molecule has 0 aromatic rings. The Morgan fingerprint density at radius 2 is 0.0738 bits per heavy atom. The van der Waals surface area contributed by atoms with Gasteiger partial charge in [0.2, 0.25) is 0 Å². The van der Waals surface area contributed by atoms with Gasteiger partial charge in [-0.15, -0.1) is 1140 Å². The predicted molar refractivity (Wildman–Crippen MR) is 818 cm³/mol. The second kappa shape index (κ2) is 840. The first-order chi connectivity index (χ1) is 70.2. The number of alkyl halides is 98. The SMILES string of the molecule is ClCCl.ClCCl.ClCCl.ClCCl.ClCCl.ClCCl.ClCCl.ClCCl.ClCCl.ClCCl.ClCCl.ClCCl.ClCCl.ClCCl.ClCCl.ClCCl.ClCCl.ClCCl.ClCCl.ClCCl.ClCCl.ClCCl.ClCCl.ClCCl.ClCCl.ClCCl.ClCCl.ClCCl.ClCCl.ClCCl.ClCCl.ClCCl.ClCCl.ClCCl.ClCCl.ClCCl.ClCCl.ClCCl.ClCCl.ClCCl.ClCCl.ClCCl.ClCCl.ClCCl.ClCCl.ClCCl.ClCCl.ClCCl.OCC(Cl)Cl. The Morgan fingerprint density at radius 3 is 0.0738 bits per heavy atom. The second-order valence-electron chi connectivity index (χ2n) is 5.42. The molecule has 1 N–H and O–H groups in total. The second-order valence-corrected chi connectivity index (χ2v) is 45.5. The third-order valence-electron chi connectivity index (χ3n) is 0.138. The topological polar surface area (TPSA) is 20.2 Å².